The molecule has 5 nitrogen and oxygen atoms in total. The van der Waals surface area contributed by atoms with Crippen LogP contribution in [0.4, 0.5) is 11.4 Å². The highest BCUT2D eigenvalue weighted by Gasteiger charge is 2.20. The Bertz CT molecular complexity index is 1330. The minimum Gasteiger partial charge on any atom is -0.358 e. The van der Waals surface area contributed by atoms with E-state index >= 15 is 0 Å². The van der Waals surface area contributed by atoms with E-state index in [9.17, 15) is 4.79 Å². The van der Waals surface area contributed by atoms with Crippen LogP contribution in [-0.4, -0.2) is 21.0 Å². The highest BCUT2D eigenvalue weighted by molar-refractivity contribution is 6.19. The molecule has 0 aliphatic rings. The number of carbonyl (C=O) groups is 1. The summed E-state index contributed by atoms with van der Waals surface area (Å²) in [4.78, 5) is 16.8. The second-order valence-corrected chi connectivity index (χ2v) is 6.84. The molecule has 0 unspecified atom stereocenters. The van der Waals surface area contributed by atoms with Crippen molar-refractivity contribution in [1.29, 1.82) is 0 Å². The summed E-state index contributed by atoms with van der Waals surface area (Å²) in [6.45, 7) is 1.94. The van der Waals surface area contributed by atoms with Gasteiger partial charge in [-0.2, -0.15) is 5.10 Å². The van der Waals surface area contributed by atoms with Gasteiger partial charge in [0.15, 0.2) is 5.78 Å². The van der Waals surface area contributed by atoms with Gasteiger partial charge in [-0.05, 0) is 43.3 Å². The average Bonchev–Trinajstić information content (AvgIpc) is 3.30. The Morgan fingerprint density at radius 1 is 0.964 bits per heavy atom. The number of nitrogens with one attached hydrogen (secondary N) is 3. The third kappa shape index (κ3) is 2.65. The minimum atomic E-state index is 0.000619. The lowest BCUT2D eigenvalue weighted by atomic mass is 9.99. The summed E-state index contributed by atoms with van der Waals surface area (Å²) in [5, 5.41) is 12.4. The second-order valence-electron chi connectivity index (χ2n) is 6.84. The van der Waals surface area contributed by atoms with E-state index in [2.05, 4.69) is 20.5 Å². The van der Waals surface area contributed by atoms with Crippen molar-refractivity contribution in [1.82, 2.24) is 15.2 Å². The van der Waals surface area contributed by atoms with Crippen molar-refractivity contribution in [3.63, 3.8) is 0 Å². The van der Waals surface area contributed by atoms with Crippen molar-refractivity contribution in [3.05, 3.63) is 89.7 Å². The van der Waals surface area contributed by atoms with E-state index in [1.54, 1.807) is 6.20 Å². The van der Waals surface area contributed by atoms with Gasteiger partial charge in [0, 0.05) is 38.9 Å². The van der Waals surface area contributed by atoms with Crippen molar-refractivity contribution >= 4 is 39.0 Å². The SMILES string of the molecule is Cc1[nH]c2ccccc2c1C(=O)c1ccccc1Nc1ccc2cn[nH]c2c1. The molecule has 0 saturated carbocycles. The van der Waals surface area contributed by atoms with Crippen LogP contribution in [0.1, 0.15) is 21.6 Å². The van der Waals surface area contributed by atoms with E-state index in [0.717, 1.165) is 38.9 Å². The molecule has 0 aliphatic carbocycles. The molecule has 5 rings (SSSR count). The maximum atomic E-state index is 13.4. The second kappa shape index (κ2) is 6.39. The summed E-state index contributed by atoms with van der Waals surface area (Å²) >= 11 is 0. The maximum absolute atomic E-state index is 13.4. The molecule has 0 fully saturated rings. The van der Waals surface area contributed by atoms with Crippen LogP contribution in [0.25, 0.3) is 21.8 Å². The van der Waals surface area contributed by atoms with Gasteiger partial charge in [-0.1, -0.05) is 30.3 Å². The number of anilines is 2. The van der Waals surface area contributed by atoms with Crippen molar-refractivity contribution in [2.75, 3.05) is 5.32 Å². The summed E-state index contributed by atoms with van der Waals surface area (Å²) in [6.07, 6.45) is 1.79. The molecule has 5 aromatic rings. The fraction of sp³-hybridized carbons (Fsp3) is 0.0435. The van der Waals surface area contributed by atoms with Gasteiger partial charge in [0.1, 0.15) is 0 Å². The molecule has 0 radical (unpaired) electrons. The summed E-state index contributed by atoms with van der Waals surface area (Å²) < 4.78 is 0. The molecule has 5 heteroatoms. The van der Waals surface area contributed by atoms with E-state index < -0.39 is 0 Å². The molecular weight excluding hydrogens is 348 g/mol. The normalized spacial score (nSPS) is 11.2. The topological polar surface area (TPSA) is 73.6 Å². The van der Waals surface area contributed by atoms with E-state index in [0.29, 0.717) is 11.1 Å². The van der Waals surface area contributed by atoms with Crippen LogP contribution in [0, 0.1) is 6.92 Å². The minimum absolute atomic E-state index is 0.000619. The molecule has 3 aromatic carbocycles. The number of fused-ring (bicyclic) bond motifs is 2. The highest BCUT2D eigenvalue weighted by atomic mass is 16.1. The van der Waals surface area contributed by atoms with Gasteiger partial charge in [0.2, 0.25) is 0 Å². The summed E-state index contributed by atoms with van der Waals surface area (Å²) in [6, 6.07) is 21.5. The third-order valence-corrected chi connectivity index (χ3v) is 5.01. The number of nitrogens with zero attached hydrogens (tertiary/aromatic N) is 1. The van der Waals surface area contributed by atoms with Gasteiger partial charge in [-0.25, -0.2) is 0 Å². The number of hydrogen-bond donors (Lipinski definition) is 3. The van der Waals surface area contributed by atoms with Crippen LogP contribution in [-0.2, 0) is 0 Å². The third-order valence-electron chi connectivity index (χ3n) is 5.01. The van der Waals surface area contributed by atoms with E-state index in [-0.39, 0.29) is 5.78 Å². The number of para-hydroxylation sites is 2. The number of H-pyrrole nitrogens is 2. The lowest BCUT2D eigenvalue weighted by Gasteiger charge is -2.12. The van der Waals surface area contributed by atoms with E-state index in [1.807, 2.05) is 73.7 Å². The Labute approximate surface area is 161 Å². The van der Waals surface area contributed by atoms with Crippen LogP contribution < -0.4 is 5.32 Å². The van der Waals surface area contributed by atoms with Gasteiger partial charge in [0.25, 0.3) is 0 Å². The van der Waals surface area contributed by atoms with E-state index in [1.165, 1.54) is 0 Å². The Hall–Kier alpha value is -3.86. The smallest absolute Gasteiger partial charge is 0.197 e. The Balaban J connectivity index is 1.57. The molecule has 136 valence electrons. The molecule has 0 bridgehead atoms. The monoisotopic (exact) mass is 366 g/mol. The Kier molecular flexibility index (Phi) is 3.72. The fourth-order valence-corrected chi connectivity index (χ4v) is 3.66. The number of aromatic amines is 2. The highest BCUT2D eigenvalue weighted by Crippen LogP contribution is 2.29. The summed E-state index contributed by atoms with van der Waals surface area (Å²) in [5.41, 5.74) is 5.82. The largest absolute Gasteiger partial charge is 0.358 e. The van der Waals surface area contributed by atoms with Crippen molar-refractivity contribution in [2.45, 2.75) is 6.92 Å². The molecule has 3 N–H and O–H groups in total. The fourth-order valence-electron chi connectivity index (χ4n) is 3.66. The van der Waals surface area contributed by atoms with Gasteiger partial charge in [0.05, 0.1) is 17.3 Å². The molecule has 2 heterocycles. The van der Waals surface area contributed by atoms with Crippen LogP contribution in [0.15, 0.2) is 72.9 Å². The van der Waals surface area contributed by atoms with Crippen molar-refractivity contribution < 1.29 is 4.79 Å². The van der Waals surface area contributed by atoms with Gasteiger partial charge < -0.3 is 10.3 Å². The predicted molar refractivity (Wildman–Crippen MR) is 112 cm³/mol. The van der Waals surface area contributed by atoms with Crippen LogP contribution in [0.3, 0.4) is 0 Å². The van der Waals surface area contributed by atoms with Crippen molar-refractivity contribution in [3.8, 4) is 0 Å². The van der Waals surface area contributed by atoms with Gasteiger partial charge >= 0.3 is 0 Å². The Morgan fingerprint density at radius 2 is 1.79 bits per heavy atom. The molecule has 0 aliphatic heterocycles. The van der Waals surface area contributed by atoms with Gasteiger partial charge in [-0.3, -0.25) is 9.89 Å². The molecule has 0 atom stereocenters. The molecular formula is C23H18N4O. The Morgan fingerprint density at radius 3 is 2.71 bits per heavy atom. The number of aryl methyl sites for hydroxylation is 1. The summed E-state index contributed by atoms with van der Waals surface area (Å²) in [7, 11) is 0. The molecule has 0 amide bonds. The zero-order valence-electron chi connectivity index (χ0n) is 15.3. The maximum Gasteiger partial charge on any atom is 0.197 e. The first kappa shape index (κ1) is 16.3. The average molecular weight is 366 g/mol. The molecule has 0 spiro atoms. The molecule has 28 heavy (non-hydrogen) atoms. The standard InChI is InChI=1S/C23H18N4O/c1-14-22(17-6-2-4-8-19(17)25-14)23(28)18-7-3-5-9-20(18)26-16-11-10-15-13-24-27-21(15)12-16/h2-13,25-26H,1H3,(H,24,27). The van der Waals surface area contributed by atoms with Crippen molar-refractivity contribution in [2.24, 2.45) is 0 Å². The zero-order valence-corrected chi connectivity index (χ0v) is 15.3. The number of rotatable bonds is 4. The zero-order chi connectivity index (χ0) is 19.1. The number of ketones is 1. The number of benzene rings is 3. The first-order valence-electron chi connectivity index (χ1n) is 9.12. The van der Waals surface area contributed by atoms with Gasteiger partial charge in [-0.15, -0.1) is 0 Å². The number of carbonyl (C=O) groups excluding carboxylic acids is 1. The first-order chi connectivity index (χ1) is 13.7. The first-order valence-corrected chi connectivity index (χ1v) is 9.12. The lowest BCUT2D eigenvalue weighted by molar-refractivity contribution is 0.104. The lowest BCUT2D eigenvalue weighted by Crippen LogP contribution is -2.06. The number of hydrogen-bond acceptors (Lipinski definition) is 3. The summed E-state index contributed by atoms with van der Waals surface area (Å²) in [5.74, 6) is 0.000619. The van der Waals surface area contributed by atoms with Crippen LogP contribution in [0.2, 0.25) is 0 Å². The van der Waals surface area contributed by atoms with Crippen LogP contribution in [0.5, 0.6) is 0 Å². The predicted octanol–water partition coefficient (Wildman–Crippen LogP) is 5.33. The molecule has 2 aromatic heterocycles. The number of aromatic nitrogens is 3. The quantitative estimate of drug-likeness (QED) is 0.377. The van der Waals surface area contributed by atoms with E-state index in [4.69, 9.17) is 0 Å². The van der Waals surface area contributed by atoms with Crippen LogP contribution >= 0.6 is 0 Å². The molecule has 0 saturated heterocycles.